The average molecular weight is 259 g/mol. The lowest BCUT2D eigenvalue weighted by atomic mass is 9.90. The van der Waals surface area contributed by atoms with E-state index in [1.165, 1.54) is 18.2 Å². The SMILES string of the molecule is CCNC(C)(C)C(=O)c1ccccc1C(F)(F)F. The predicted octanol–water partition coefficient (Wildman–Crippen LogP) is 3.28. The van der Waals surface area contributed by atoms with Gasteiger partial charge in [-0.15, -0.1) is 0 Å². The highest BCUT2D eigenvalue weighted by atomic mass is 19.4. The number of rotatable bonds is 4. The Morgan fingerprint density at radius 2 is 1.78 bits per heavy atom. The second-order valence-electron chi connectivity index (χ2n) is 4.53. The van der Waals surface area contributed by atoms with Crippen LogP contribution in [0.3, 0.4) is 0 Å². The first-order valence-corrected chi connectivity index (χ1v) is 5.66. The standard InChI is InChI=1S/C13H16F3NO/c1-4-17-12(2,3)11(18)9-7-5-6-8-10(9)13(14,15)16/h5-8,17H,4H2,1-3H3. The van der Waals surface area contributed by atoms with Crippen LogP contribution in [0.4, 0.5) is 13.2 Å². The topological polar surface area (TPSA) is 29.1 Å². The van der Waals surface area contributed by atoms with Gasteiger partial charge >= 0.3 is 6.18 Å². The summed E-state index contributed by atoms with van der Waals surface area (Å²) in [7, 11) is 0. The molecule has 0 radical (unpaired) electrons. The fourth-order valence-corrected chi connectivity index (χ4v) is 1.79. The minimum Gasteiger partial charge on any atom is -0.305 e. The van der Waals surface area contributed by atoms with Crippen molar-refractivity contribution in [3.8, 4) is 0 Å². The molecule has 0 saturated carbocycles. The molecule has 0 bridgehead atoms. The third-order valence-electron chi connectivity index (χ3n) is 2.66. The number of alkyl halides is 3. The molecule has 0 aliphatic carbocycles. The molecule has 0 aliphatic heterocycles. The summed E-state index contributed by atoms with van der Waals surface area (Å²) >= 11 is 0. The molecule has 0 amide bonds. The van der Waals surface area contributed by atoms with Crippen molar-refractivity contribution in [2.75, 3.05) is 6.54 Å². The van der Waals surface area contributed by atoms with Crippen LogP contribution in [0.15, 0.2) is 24.3 Å². The number of carbonyl (C=O) groups excluding carboxylic acids is 1. The van der Waals surface area contributed by atoms with E-state index in [0.29, 0.717) is 6.54 Å². The van der Waals surface area contributed by atoms with Gasteiger partial charge in [0.1, 0.15) is 0 Å². The van der Waals surface area contributed by atoms with Crippen LogP contribution >= 0.6 is 0 Å². The van der Waals surface area contributed by atoms with E-state index in [1.807, 2.05) is 0 Å². The molecule has 5 heteroatoms. The number of halogens is 3. The van der Waals surface area contributed by atoms with Crippen LogP contribution in [0, 0.1) is 0 Å². The first-order valence-electron chi connectivity index (χ1n) is 5.66. The molecule has 0 spiro atoms. The van der Waals surface area contributed by atoms with Crippen LogP contribution < -0.4 is 5.32 Å². The number of carbonyl (C=O) groups is 1. The lowest BCUT2D eigenvalue weighted by Crippen LogP contribution is -2.47. The van der Waals surface area contributed by atoms with E-state index in [4.69, 9.17) is 0 Å². The normalized spacial score (nSPS) is 12.6. The zero-order valence-electron chi connectivity index (χ0n) is 10.6. The van der Waals surface area contributed by atoms with Gasteiger partial charge < -0.3 is 5.32 Å². The molecular weight excluding hydrogens is 243 g/mol. The van der Waals surface area contributed by atoms with Crippen LogP contribution in [0.2, 0.25) is 0 Å². The van der Waals surface area contributed by atoms with Crippen LogP contribution in [0.1, 0.15) is 36.7 Å². The van der Waals surface area contributed by atoms with Gasteiger partial charge in [-0.2, -0.15) is 13.2 Å². The fraction of sp³-hybridized carbons (Fsp3) is 0.462. The summed E-state index contributed by atoms with van der Waals surface area (Å²) in [6.45, 7) is 5.45. The van der Waals surface area contributed by atoms with Crippen molar-refractivity contribution >= 4 is 5.78 Å². The molecule has 2 nitrogen and oxygen atoms in total. The number of ketones is 1. The van der Waals surface area contributed by atoms with Crippen LogP contribution in [0.25, 0.3) is 0 Å². The predicted molar refractivity (Wildman–Crippen MR) is 63.5 cm³/mol. The van der Waals surface area contributed by atoms with Gasteiger partial charge in [0.15, 0.2) is 5.78 Å². The Morgan fingerprint density at radius 3 is 2.28 bits per heavy atom. The van der Waals surface area contributed by atoms with E-state index in [0.717, 1.165) is 6.07 Å². The Balaban J connectivity index is 3.22. The summed E-state index contributed by atoms with van der Waals surface area (Å²) in [6, 6.07) is 4.85. The quantitative estimate of drug-likeness (QED) is 0.841. The van der Waals surface area contributed by atoms with E-state index in [9.17, 15) is 18.0 Å². The molecule has 0 atom stereocenters. The minimum atomic E-state index is -4.52. The summed E-state index contributed by atoms with van der Waals surface area (Å²) in [5.41, 5.74) is -2.20. The Morgan fingerprint density at radius 1 is 1.22 bits per heavy atom. The van der Waals surface area contributed by atoms with E-state index >= 15 is 0 Å². The maximum Gasteiger partial charge on any atom is 0.417 e. The molecule has 1 N–H and O–H groups in total. The third kappa shape index (κ3) is 3.10. The summed E-state index contributed by atoms with van der Waals surface area (Å²) in [4.78, 5) is 12.2. The molecule has 0 heterocycles. The zero-order valence-corrected chi connectivity index (χ0v) is 10.6. The molecular formula is C13H16F3NO. The summed E-state index contributed by atoms with van der Waals surface area (Å²) in [5.74, 6) is -0.558. The Kier molecular flexibility index (Phi) is 4.16. The lowest BCUT2D eigenvalue weighted by Gasteiger charge is -2.25. The fourth-order valence-electron chi connectivity index (χ4n) is 1.79. The number of nitrogens with one attached hydrogen (secondary N) is 1. The van der Waals surface area contributed by atoms with Gasteiger partial charge in [-0.05, 0) is 26.5 Å². The average Bonchev–Trinajstić information content (AvgIpc) is 2.27. The second-order valence-corrected chi connectivity index (χ2v) is 4.53. The number of benzene rings is 1. The maximum absolute atomic E-state index is 12.8. The number of likely N-dealkylation sites (N-methyl/N-ethyl adjacent to an activating group) is 1. The largest absolute Gasteiger partial charge is 0.417 e. The van der Waals surface area contributed by atoms with Crippen molar-refractivity contribution in [1.82, 2.24) is 5.32 Å². The van der Waals surface area contributed by atoms with E-state index < -0.39 is 23.1 Å². The van der Waals surface area contributed by atoms with Crippen molar-refractivity contribution in [3.63, 3.8) is 0 Å². The van der Waals surface area contributed by atoms with Gasteiger partial charge in [0.2, 0.25) is 0 Å². The smallest absolute Gasteiger partial charge is 0.305 e. The first kappa shape index (κ1) is 14.7. The second kappa shape index (κ2) is 5.10. The van der Waals surface area contributed by atoms with Crippen molar-refractivity contribution < 1.29 is 18.0 Å². The zero-order chi connectivity index (χ0) is 14.0. The Bertz CT molecular complexity index is 438. The number of Topliss-reactive ketones (excluding diaryl/α,β-unsaturated/α-hetero) is 1. The molecule has 1 aromatic carbocycles. The maximum atomic E-state index is 12.8. The van der Waals surface area contributed by atoms with Crippen molar-refractivity contribution in [1.29, 1.82) is 0 Å². The van der Waals surface area contributed by atoms with Gasteiger partial charge in [0.25, 0.3) is 0 Å². The Hall–Kier alpha value is -1.36. The van der Waals surface area contributed by atoms with Gasteiger partial charge in [-0.25, -0.2) is 0 Å². The van der Waals surface area contributed by atoms with Crippen LogP contribution in [-0.4, -0.2) is 17.9 Å². The molecule has 0 unspecified atom stereocenters. The summed E-state index contributed by atoms with van der Waals surface area (Å²) in [5, 5.41) is 2.88. The molecule has 1 aromatic rings. The minimum absolute atomic E-state index is 0.295. The monoisotopic (exact) mass is 259 g/mol. The summed E-state index contributed by atoms with van der Waals surface area (Å²) < 4.78 is 38.4. The lowest BCUT2D eigenvalue weighted by molar-refractivity contribution is -0.137. The Labute approximate surface area is 104 Å². The van der Waals surface area contributed by atoms with Gasteiger partial charge in [-0.3, -0.25) is 4.79 Å². The summed E-state index contributed by atoms with van der Waals surface area (Å²) in [6.07, 6.45) is -4.52. The van der Waals surface area contributed by atoms with Crippen LogP contribution in [-0.2, 0) is 6.18 Å². The molecule has 0 aromatic heterocycles. The van der Waals surface area contributed by atoms with E-state index in [-0.39, 0.29) is 5.56 Å². The highest BCUT2D eigenvalue weighted by Crippen LogP contribution is 2.33. The molecule has 100 valence electrons. The van der Waals surface area contributed by atoms with E-state index in [2.05, 4.69) is 5.32 Å². The van der Waals surface area contributed by atoms with E-state index in [1.54, 1.807) is 20.8 Å². The highest BCUT2D eigenvalue weighted by Gasteiger charge is 2.38. The van der Waals surface area contributed by atoms with Gasteiger partial charge in [0, 0.05) is 5.56 Å². The molecule has 18 heavy (non-hydrogen) atoms. The van der Waals surface area contributed by atoms with Crippen LogP contribution in [0.5, 0.6) is 0 Å². The third-order valence-corrected chi connectivity index (χ3v) is 2.66. The van der Waals surface area contributed by atoms with Crippen molar-refractivity contribution in [2.24, 2.45) is 0 Å². The number of hydrogen-bond donors (Lipinski definition) is 1. The molecule has 1 rings (SSSR count). The van der Waals surface area contributed by atoms with Crippen molar-refractivity contribution in [3.05, 3.63) is 35.4 Å². The van der Waals surface area contributed by atoms with Gasteiger partial charge in [-0.1, -0.05) is 25.1 Å². The van der Waals surface area contributed by atoms with Gasteiger partial charge in [0.05, 0.1) is 11.1 Å². The molecule has 0 saturated heterocycles. The van der Waals surface area contributed by atoms with Crippen molar-refractivity contribution in [2.45, 2.75) is 32.5 Å². The highest BCUT2D eigenvalue weighted by molar-refractivity contribution is 6.04. The molecule has 0 fully saturated rings. The first-order chi connectivity index (χ1) is 8.20. The number of hydrogen-bond acceptors (Lipinski definition) is 2. The molecule has 0 aliphatic rings.